The summed E-state index contributed by atoms with van der Waals surface area (Å²) in [5.74, 6) is -0.0625. The summed E-state index contributed by atoms with van der Waals surface area (Å²) < 4.78 is 0. The monoisotopic (exact) mass is 667 g/mol. The van der Waals surface area contributed by atoms with Gasteiger partial charge in [0, 0.05) is 32.4 Å². The normalized spacial score (nSPS) is 16.1. The van der Waals surface area contributed by atoms with Gasteiger partial charge in [-0.1, -0.05) is 74.6 Å². The van der Waals surface area contributed by atoms with E-state index < -0.39 is 16.1 Å². The molecule has 1 aliphatic rings. The summed E-state index contributed by atoms with van der Waals surface area (Å²) in [6, 6.07) is 17.8. The van der Waals surface area contributed by atoms with Gasteiger partial charge in [-0.2, -0.15) is 0 Å². The van der Waals surface area contributed by atoms with Gasteiger partial charge in [-0.3, -0.25) is 4.79 Å². The second-order valence-electron chi connectivity index (χ2n) is 10.7. The first-order valence-corrected chi connectivity index (χ1v) is 18.0. The van der Waals surface area contributed by atoms with Gasteiger partial charge in [0.25, 0.3) is 0 Å². The number of nitrogens with zero attached hydrogens (tertiary/aromatic N) is 1. The van der Waals surface area contributed by atoms with Gasteiger partial charge >= 0.3 is 0 Å². The van der Waals surface area contributed by atoms with Crippen molar-refractivity contribution in [2.45, 2.75) is 66.0 Å². The maximum Gasteiger partial charge on any atom is 0.155 e. The van der Waals surface area contributed by atoms with E-state index in [-0.39, 0.29) is 31.6 Å². The fraction of sp³-hybridized carbons (Fsp3) is 0.357. The Kier molecular flexibility index (Phi) is 9.03. The summed E-state index contributed by atoms with van der Waals surface area (Å²) in [6.07, 6.45) is 3.18. The molecule has 1 radical (unpaired) electrons. The summed E-state index contributed by atoms with van der Waals surface area (Å²) in [6.45, 7) is 17.3. The van der Waals surface area contributed by atoms with E-state index in [0.29, 0.717) is 0 Å². The van der Waals surface area contributed by atoms with E-state index in [1.54, 1.807) is 10.4 Å². The van der Waals surface area contributed by atoms with Crippen molar-refractivity contribution in [1.82, 2.24) is 4.98 Å². The second kappa shape index (κ2) is 10.8. The molecule has 1 aliphatic heterocycles. The van der Waals surface area contributed by atoms with Gasteiger partial charge in [0.2, 0.25) is 0 Å². The van der Waals surface area contributed by atoms with Gasteiger partial charge in [0.1, 0.15) is 0 Å². The molecule has 0 saturated carbocycles. The van der Waals surface area contributed by atoms with Crippen LogP contribution in [0.3, 0.4) is 0 Å². The number of carbonyl (C=O) groups is 1. The number of ketones is 1. The summed E-state index contributed by atoms with van der Waals surface area (Å²) in [4.78, 5) is 14.8. The van der Waals surface area contributed by atoms with E-state index in [2.05, 4.69) is 76.4 Å². The molecule has 1 N–H and O–H groups in total. The maximum absolute atomic E-state index is 10.0. The number of allylic oxidation sites excluding steroid dienone is 2. The summed E-state index contributed by atoms with van der Waals surface area (Å²) in [7, 11) is -2.74. The third-order valence-corrected chi connectivity index (χ3v) is 14.1. The first-order chi connectivity index (χ1) is 15.3. The average molecular weight is 667 g/mol. The van der Waals surface area contributed by atoms with Crippen LogP contribution in [0.2, 0.25) is 38.3 Å². The Bertz CT molecular complexity index is 1220. The molecule has 6 heteroatoms. The molecule has 0 atom stereocenters. The quantitative estimate of drug-likeness (QED) is 0.154. The topological polar surface area (TPSA) is 50.2 Å². The van der Waals surface area contributed by atoms with Crippen molar-refractivity contribution in [3.8, 4) is 11.3 Å². The summed E-state index contributed by atoms with van der Waals surface area (Å²) in [5, 5.41) is 14.5. The van der Waals surface area contributed by atoms with Crippen molar-refractivity contribution < 1.29 is 30.0 Å². The van der Waals surface area contributed by atoms with Gasteiger partial charge in [-0.15, -0.1) is 34.9 Å². The number of aliphatic hydroxyl groups is 1. The number of benzene rings is 2. The van der Waals surface area contributed by atoms with Crippen LogP contribution in [-0.2, 0) is 24.9 Å². The molecule has 3 aromatic rings. The van der Waals surface area contributed by atoms with Gasteiger partial charge in [-0.05, 0) is 36.4 Å². The molecule has 0 amide bonds. The molecular weight excluding hydrogens is 631 g/mol. The molecule has 0 aliphatic carbocycles. The molecule has 0 bridgehead atoms. The average Bonchev–Trinajstić information content (AvgIpc) is 2.69. The number of aliphatic hydroxyl groups excluding tert-OH is 1. The second-order valence-corrected chi connectivity index (χ2v) is 20.2. The number of carbonyl (C=O) groups excluding carboxylic acids is 1. The Morgan fingerprint density at radius 1 is 1.00 bits per heavy atom. The number of aromatic nitrogens is 1. The van der Waals surface area contributed by atoms with Crippen LogP contribution in [0.15, 0.2) is 48.4 Å². The number of hydrogen-bond acceptors (Lipinski definition) is 3. The maximum atomic E-state index is 10.0. The zero-order valence-electron chi connectivity index (χ0n) is 21.6. The van der Waals surface area contributed by atoms with Crippen molar-refractivity contribution in [2.24, 2.45) is 0 Å². The molecule has 2 heterocycles. The molecule has 4 rings (SSSR count). The van der Waals surface area contributed by atoms with Crippen molar-refractivity contribution in [3.05, 3.63) is 65.6 Å². The van der Waals surface area contributed by atoms with Crippen LogP contribution in [0.5, 0.6) is 0 Å². The van der Waals surface area contributed by atoms with Crippen LogP contribution in [0.4, 0.5) is 0 Å². The molecule has 0 unspecified atom stereocenters. The molecular formula is C28H36IrNO2Si2-. The zero-order valence-corrected chi connectivity index (χ0v) is 26.0. The van der Waals surface area contributed by atoms with Gasteiger partial charge < -0.3 is 10.1 Å². The molecule has 0 fully saturated rings. The molecule has 3 nitrogen and oxygen atoms in total. The van der Waals surface area contributed by atoms with Gasteiger partial charge in [0.05, 0.1) is 21.9 Å². The minimum absolute atomic E-state index is 0. The Hall–Kier alpha value is -1.86. The van der Waals surface area contributed by atoms with E-state index in [4.69, 9.17) is 10.1 Å². The Balaban J connectivity index is 0.000000449. The standard InChI is InChI=1S/C23H28NSi2.C5H8O2.Ir/c1-16-13-17(2)15-18(14-16)22-19-7-8-21-23(20(19)9-10-24-22)26(5,6)12-11-25(21,3)4;1-4(6)3-5(2)7;/h7-10,13-14H,11-12H2,1-6H3;3,6H,1-2H3;/q-1;;/b;4-3-;. The van der Waals surface area contributed by atoms with Crippen LogP contribution < -0.4 is 10.4 Å². The van der Waals surface area contributed by atoms with Gasteiger partial charge in [0.15, 0.2) is 5.78 Å². The Labute approximate surface area is 220 Å². The SMILES string of the molecule is CC(=O)/C=C(/C)O.Cc1[c-]c(-c2nccc3c4c(ccc23)[Si](C)(C)CC[Si]4(C)C)cc(C)c1.[Ir]. The molecule has 2 aromatic carbocycles. The van der Waals surface area contributed by atoms with Crippen molar-refractivity contribution in [3.63, 3.8) is 0 Å². The van der Waals surface area contributed by atoms with Crippen LogP contribution in [0, 0.1) is 19.9 Å². The van der Waals surface area contributed by atoms with Crippen LogP contribution in [-0.4, -0.2) is 32.0 Å². The predicted molar refractivity (Wildman–Crippen MR) is 146 cm³/mol. The van der Waals surface area contributed by atoms with E-state index in [1.807, 2.05) is 6.20 Å². The Morgan fingerprint density at radius 2 is 1.65 bits per heavy atom. The fourth-order valence-electron chi connectivity index (χ4n) is 4.96. The van der Waals surface area contributed by atoms with Crippen molar-refractivity contribution in [1.29, 1.82) is 0 Å². The van der Waals surface area contributed by atoms with Crippen molar-refractivity contribution >= 4 is 43.1 Å². The van der Waals surface area contributed by atoms with Crippen LogP contribution >= 0.6 is 0 Å². The number of pyridine rings is 1. The minimum Gasteiger partial charge on any atom is -0.512 e. The first kappa shape index (κ1) is 28.4. The largest absolute Gasteiger partial charge is 0.512 e. The van der Waals surface area contributed by atoms with Crippen LogP contribution in [0.25, 0.3) is 22.0 Å². The van der Waals surface area contributed by atoms with E-state index in [0.717, 1.165) is 11.3 Å². The number of rotatable bonds is 2. The smallest absolute Gasteiger partial charge is 0.155 e. The molecule has 1 aromatic heterocycles. The molecule has 183 valence electrons. The van der Waals surface area contributed by atoms with E-state index in [1.165, 1.54) is 53.9 Å². The molecule has 0 spiro atoms. The third-order valence-electron chi connectivity index (χ3n) is 6.54. The first-order valence-electron chi connectivity index (χ1n) is 11.6. The van der Waals surface area contributed by atoms with E-state index in [9.17, 15) is 4.79 Å². The number of fused-ring (bicyclic) bond motifs is 3. The fourth-order valence-corrected chi connectivity index (χ4v) is 15.6. The zero-order chi connectivity index (χ0) is 24.6. The molecule has 34 heavy (non-hydrogen) atoms. The number of hydrogen-bond donors (Lipinski definition) is 1. The van der Waals surface area contributed by atoms with E-state index >= 15 is 0 Å². The number of aryl methyl sites for hydroxylation is 2. The molecule has 0 saturated heterocycles. The summed E-state index contributed by atoms with van der Waals surface area (Å²) in [5.41, 5.74) is 4.67. The van der Waals surface area contributed by atoms with Crippen LogP contribution in [0.1, 0.15) is 25.0 Å². The minimum atomic E-state index is -1.41. The van der Waals surface area contributed by atoms with Gasteiger partial charge in [-0.25, -0.2) is 0 Å². The summed E-state index contributed by atoms with van der Waals surface area (Å²) >= 11 is 0. The predicted octanol–water partition coefficient (Wildman–Crippen LogP) is 6.20. The third kappa shape index (κ3) is 6.22. The van der Waals surface area contributed by atoms with Crippen molar-refractivity contribution in [2.75, 3.05) is 0 Å². The Morgan fingerprint density at radius 3 is 2.21 bits per heavy atom.